The average molecular weight is 469 g/mol. The molecule has 0 atom stereocenters. The van der Waals surface area contributed by atoms with E-state index in [1.807, 2.05) is 54.6 Å². The van der Waals surface area contributed by atoms with Gasteiger partial charge in [-0.1, -0.05) is 77.8 Å². The number of benzene rings is 3. The molecule has 162 valence electrons. The molecular formula is C27H21ClN4S. The zero-order valence-electron chi connectivity index (χ0n) is 18.2. The van der Waals surface area contributed by atoms with Gasteiger partial charge in [0.25, 0.3) is 0 Å². The molecular weight excluding hydrogens is 448 g/mol. The number of aromatic nitrogens is 2. The second-order valence-electron chi connectivity index (χ2n) is 8.11. The molecule has 5 rings (SSSR count). The van der Waals surface area contributed by atoms with Crippen molar-refractivity contribution >= 4 is 57.5 Å². The minimum Gasteiger partial charge on any atom is -0.309 e. The molecule has 0 spiro atoms. The predicted molar refractivity (Wildman–Crippen MR) is 142 cm³/mol. The van der Waals surface area contributed by atoms with Crippen LogP contribution in [0.15, 0.2) is 94.4 Å². The Labute approximate surface area is 203 Å². The maximum absolute atomic E-state index is 6.31. The fourth-order valence-electron chi connectivity index (χ4n) is 4.11. The van der Waals surface area contributed by atoms with E-state index in [-0.39, 0.29) is 6.04 Å². The van der Waals surface area contributed by atoms with Gasteiger partial charge in [0.15, 0.2) is 0 Å². The quantitative estimate of drug-likeness (QED) is 0.305. The Morgan fingerprint density at radius 2 is 1.45 bits per heavy atom. The van der Waals surface area contributed by atoms with Gasteiger partial charge in [-0.2, -0.15) is 0 Å². The van der Waals surface area contributed by atoms with Gasteiger partial charge in [-0.15, -0.1) is 0 Å². The summed E-state index contributed by atoms with van der Waals surface area (Å²) in [6, 6.07) is 25.7. The number of hydrogen-bond acceptors (Lipinski definition) is 2. The van der Waals surface area contributed by atoms with Crippen LogP contribution in [-0.2, 0) is 0 Å². The summed E-state index contributed by atoms with van der Waals surface area (Å²) >= 11 is 11.8. The van der Waals surface area contributed by atoms with Crippen molar-refractivity contribution in [2.24, 2.45) is 9.98 Å². The van der Waals surface area contributed by atoms with Gasteiger partial charge in [-0.3, -0.25) is 0 Å². The van der Waals surface area contributed by atoms with E-state index in [0.717, 1.165) is 45.0 Å². The molecule has 4 aromatic rings. The summed E-state index contributed by atoms with van der Waals surface area (Å²) in [6.07, 6.45) is 2.08. The van der Waals surface area contributed by atoms with Crippen LogP contribution in [0.25, 0.3) is 17.1 Å². The number of allylic oxidation sites excluding steroid dienone is 1. The van der Waals surface area contributed by atoms with E-state index in [4.69, 9.17) is 38.8 Å². The SMILES string of the molecule is CC(C)=Cc1nc2cc(Cl)ccc2n1C1C(c2ccccc2)=NC(=S)N=C1c1ccccc1. The molecule has 1 aliphatic rings. The van der Waals surface area contributed by atoms with Crippen LogP contribution in [0, 0.1) is 0 Å². The standard InChI is InChI=1S/C27H21ClN4S/c1-17(2)15-23-29-21-16-20(28)13-14-22(21)32(23)26-24(18-9-5-3-6-10-18)30-27(33)31-25(26)19-11-7-4-8-12-19/h3-16,26H,1-2H3. The summed E-state index contributed by atoms with van der Waals surface area (Å²) in [6.45, 7) is 4.12. The predicted octanol–water partition coefficient (Wildman–Crippen LogP) is 6.93. The minimum absolute atomic E-state index is 0.320. The molecule has 1 aromatic heterocycles. The van der Waals surface area contributed by atoms with E-state index >= 15 is 0 Å². The molecule has 0 fully saturated rings. The zero-order valence-corrected chi connectivity index (χ0v) is 19.8. The van der Waals surface area contributed by atoms with E-state index in [1.54, 1.807) is 0 Å². The van der Waals surface area contributed by atoms with Crippen molar-refractivity contribution in [1.82, 2.24) is 9.55 Å². The largest absolute Gasteiger partial charge is 0.309 e. The van der Waals surface area contributed by atoms with E-state index in [9.17, 15) is 0 Å². The molecule has 33 heavy (non-hydrogen) atoms. The van der Waals surface area contributed by atoms with Gasteiger partial charge in [0.05, 0.1) is 22.5 Å². The lowest BCUT2D eigenvalue weighted by molar-refractivity contribution is 0.800. The van der Waals surface area contributed by atoms with Gasteiger partial charge in [0.1, 0.15) is 11.9 Å². The molecule has 4 nitrogen and oxygen atoms in total. The van der Waals surface area contributed by atoms with Crippen LogP contribution in [0.2, 0.25) is 5.02 Å². The first-order chi connectivity index (χ1) is 16.0. The van der Waals surface area contributed by atoms with Gasteiger partial charge < -0.3 is 4.57 Å². The van der Waals surface area contributed by atoms with Gasteiger partial charge in [-0.25, -0.2) is 15.0 Å². The minimum atomic E-state index is -0.321. The maximum Gasteiger partial charge on any atom is 0.219 e. The van der Waals surface area contributed by atoms with E-state index < -0.39 is 0 Å². The Hall–Kier alpha value is -3.41. The number of nitrogens with zero attached hydrogens (tertiary/aromatic N) is 4. The molecule has 0 saturated carbocycles. The third-order valence-electron chi connectivity index (χ3n) is 5.44. The second-order valence-corrected chi connectivity index (χ2v) is 8.91. The number of hydrogen-bond donors (Lipinski definition) is 0. The highest BCUT2D eigenvalue weighted by Gasteiger charge is 2.33. The van der Waals surface area contributed by atoms with E-state index in [0.29, 0.717) is 10.1 Å². The molecule has 0 aliphatic carbocycles. The van der Waals surface area contributed by atoms with Crippen LogP contribution in [0.3, 0.4) is 0 Å². The lowest BCUT2D eigenvalue weighted by atomic mass is 9.93. The molecule has 0 radical (unpaired) electrons. The fourth-order valence-corrected chi connectivity index (χ4v) is 4.48. The molecule has 0 N–H and O–H groups in total. The Kier molecular flexibility index (Phi) is 5.75. The average Bonchev–Trinajstić information content (AvgIpc) is 3.15. The first-order valence-corrected chi connectivity index (χ1v) is 11.4. The van der Waals surface area contributed by atoms with Gasteiger partial charge in [0, 0.05) is 5.02 Å². The molecule has 6 heteroatoms. The number of aliphatic imine (C=N–C) groups is 2. The summed E-state index contributed by atoms with van der Waals surface area (Å²) in [5.74, 6) is 0.817. The van der Waals surface area contributed by atoms with Crippen molar-refractivity contribution in [3.8, 4) is 0 Å². The van der Waals surface area contributed by atoms with Crippen molar-refractivity contribution in [2.75, 3.05) is 0 Å². The highest BCUT2D eigenvalue weighted by atomic mass is 35.5. The lowest BCUT2D eigenvalue weighted by Crippen LogP contribution is -2.33. The van der Waals surface area contributed by atoms with Crippen LogP contribution >= 0.6 is 23.8 Å². The van der Waals surface area contributed by atoms with Crippen molar-refractivity contribution < 1.29 is 0 Å². The van der Waals surface area contributed by atoms with Crippen LogP contribution in [0.1, 0.15) is 36.8 Å². The summed E-state index contributed by atoms with van der Waals surface area (Å²) in [4.78, 5) is 14.5. The third kappa shape index (κ3) is 4.17. The van der Waals surface area contributed by atoms with Crippen LogP contribution in [0.4, 0.5) is 0 Å². The monoisotopic (exact) mass is 468 g/mol. The van der Waals surface area contributed by atoms with E-state index in [1.165, 1.54) is 0 Å². The third-order valence-corrected chi connectivity index (χ3v) is 5.86. The smallest absolute Gasteiger partial charge is 0.219 e. The summed E-state index contributed by atoms with van der Waals surface area (Å²) < 4.78 is 2.19. The highest BCUT2D eigenvalue weighted by Crippen LogP contribution is 2.32. The van der Waals surface area contributed by atoms with Crippen LogP contribution < -0.4 is 0 Å². The van der Waals surface area contributed by atoms with Gasteiger partial charge >= 0.3 is 0 Å². The molecule has 0 saturated heterocycles. The summed E-state index contributed by atoms with van der Waals surface area (Å²) in [5, 5.41) is 0.967. The van der Waals surface area contributed by atoms with Gasteiger partial charge in [-0.05, 0) is 61.5 Å². The van der Waals surface area contributed by atoms with Crippen molar-refractivity contribution in [3.63, 3.8) is 0 Å². The van der Waals surface area contributed by atoms with Crippen LogP contribution in [0.5, 0.6) is 0 Å². The normalized spacial score (nSPS) is 14.2. The van der Waals surface area contributed by atoms with Crippen molar-refractivity contribution in [2.45, 2.75) is 19.9 Å². The molecule has 0 bridgehead atoms. The lowest BCUT2D eigenvalue weighted by Gasteiger charge is -2.28. The molecule has 3 aromatic carbocycles. The Balaban J connectivity index is 1.84. The Morgan fingerprint density at radius 1 is 0.879 bits per heavy atom. The molecule has 0 unspecified atom stereocenters. The first-order valence-electron chi connectivity index (χ1n) is 10.7. The summed E-state index contributed by atoms with van der Waals surface area (Å²) in [7, 11) is 0. The number of imidazole rings is 1. The Morgan fingerprint density at radius 3 is 2.00 bits per heavy atom. The number of thiocarbonyl (C=S) groups is 1. The first kappa shape index (κ1) is 21.4. The van der Waals surface area contributed by atoms with Crippen molar-refractivity contribution in [3.05, 3.63) is 106 Å². The Bertz CT molecular complexity index is 1390. The van der Waals surface area contributed by atoms with Crippen molar-refractivity contribution in [1.29, 1.82) is 0 Å². The van der Waals surface area contributed by atoms with Crippen LogP contribution in [-0.4, -0.2) is 26.1 Å². The number of fused-ring (bicyclic) bond motifs is 1. The topological polar surface area (TPSA) is 42.5 Å². The molecule has 2 heterocycles. The molecule has 0 amide bonds. The zero-order chi connectivity index (χ0) is 22.9. The van der Waals surface area contributed by atoms with Gasteiger partial charge in [0.2, 0.25) is 5.11 Å². The highest BCUT2D eigenvalue weighted by molar-refractivity contribution is 7.80. The molecule has 1 aliphatic heterocycles. The fraction of sp³-hybridized carbons (Fsp3) is 0.111. The number of halogens is 1. The van der Waals surface area contributed by atoms with E-state index in [2.05, 4.69) is 48.8 Å². The maximum atomic E-state index is 6.31. The summed E-state index contributed by atoms with van der Waals surface area (Å²) in [5.41, 5.74) is 6.58. The second kappa shape index (κ2) is 8.85. The number of rotatable bonds is 4.